The standard InChI is InChI=1S/C28H36N2O7/c1-33-23-8-6-19(16-25(23)34-2)14-21-18-36-27(31)22(21)15-20-7-9-24(26(17-20)35-3)37-28(32)29-10-13-30-11-4-5-12-30/h6-9,16-17,21-22H,4-5,10-15,18H2,1-3H3,(H,29,32)/t21-,22+/m0/s1. The number of carbonyl (C=O) groups excluding carboxylic acids is 2. The number of benzene rings is 2. The van der Waals surface area contributed by atoms with E-state index >= 15 is 0 Å². The summed E-state index contributed by atoms with van der Waals surface area (Å²) < 4.78 is 27.1. The van der Waals surface area contributed by atoms with E-state index in [9.17, 15) is 9.59 Å². The molecule has 1 amide bonds. The lowest BCUT2D eigenvalue weighted by atomic mass is 9.85. The summed E-state index contributed by atoms with van der Waals surface area (Å²) in [6.07, 6.45) is 3.08. The Balaban J connectivity index is 1.36. The highest BCUT2D eigenvalue weighted by Gasteiger charge is 2.37. The maximum Gasteiger partial charge on any atom is 0.412 e. The van der Waals surface area contributed by atoms with Gasteiger partial charge in [0, 0.05) is 19.0 Å². The van der Waals surface area contributed by atoms with Crippen molar-refractivity contribution in [2.75, 3.05) is 54.1 Å². The van der Waals surface area contributed by atoms with Crippen molar-refractivity contribution in [1.82, 2.24) is 10.2 Å². The molecule has 2 saturated heterocycles. The third-order valence-corrected chi connectivity index (χ3v) is 7.04. The first-order chi connectivity index (χ1) is 18.0. The summed E-state index contributed by atoms with van der Waals surface area (Å²) in [4.78, 5) is 27.2. The van der Waals surface area contributed by atoms with Gasteiger partial charge in [0.1, 0.15) is 0 Å². The van der Waals surface area contributed by atoms with Crippen LogP contribution < -0.4 is 24.3 Å². The van der Waals surface area contributed by atoms with Gasteiger partial charge in [0.15, 0.2) is 23.0 Å². The summed E-state index contributed by atoms with van der Waals surface area (Å²) in [6, 6.07) is 11.2. The Morgan fingerprint density at radius 1 is 0.919 bits per heavy atom. The van der Waals surface area contributed by atoms with Crippen LogP contribution in [-0.2, 0) is 22.4 Å². The van der Waals surface area contributed by atoms with Gasteiger partial charge in [-0.25, -0.2) is 4.79 Å². The molecule has 200 valence electrons. The van der Waals surface area contributed by atoms with Gasteiger partial charge in [0.25, 0.3) is 0 Å². The maximum absolute atomic E-state index is 12.6. The van der Waals surface area contributed by atoms with Gasteiger partial charge in [-0.1, -0.05) is 12.1 Å². The largest absolute Gasteiger partial charge is 0.493 e. The van der Waals surface area contributed by atoms with E-state index in [0.717, 1.165) is 30.8 Å². The van der Waals surface area contributed by atoms with E-state index < -0.39 is 6.09 Å². The first-order valence-electron chi connectivity index (χ1n) is 12.7. The Morgan fingerprint density at radius 2 is 1.54 bits per heavy atom. The van der Waals surface area contributed by atoms with Crippen molar-refractivity contribution in [2.24, 2.45) is 11.8 Å². The molecule has 0 spiro atoms. The van der Waals surface area contributed by atoms with Crippen LogP contribution in [0.4, 0.5) is 4.79 Å². The molecule has 9 nitrogen and oxygen atoms in total. The van der Waals surface area contributed by atoms with Gasteiger partial charge in [-0.15, -0.1) is 0 Å². The average Bonchev–Trinajstić information content (AvgIpc) is 3.55. The van der Waals surface area contributed by atoms with Crippen LogP contribution in [0.1, 0.15) is 24.0 Å². The number of carbonyl (C=O) groups is 2. The van der Waals surface area contributed by atoms with Crippen LogP contribution in [0.25, 0.3) is 0 Å². The molecule has 4 rings (SSSR count). The lowest BCUT2D eigenvalue weighted by Crippen LogP contribution is -2.35. The lowest BCUT2D eigenvalue weighted by Gasteiger charge is -2.18. The van der Waals surface area contributed by atoms with E-state index in [2.05, 4.69) is 10.2 Å². The van der Waals surface area contributed by atoms with E-state index in [1.807, 2.05) is 30.3 Å². The SMILES string of the molecule is COc1ccc(C[C@H]2COC(=O)[C@@H]2Cc2ccc(OC(=O)NCCN3CCCC3)c(OC)c2)cc1OC. The highest BCUT2D eigenvalue weighted by Crippen LogP contribution is 2.35. The van der Waals surface area contributed by atoms with Crippen molar-refractivity contribution in [3.63, 3.8) is 0 Å². The van der Waals surface area contributed by atoms with E-state index in [1.54, 1.807) is 20.3 Å². The maximum atomic E-state index is 12.6. The minimum absolute atomic E-state index is 0.0221. The number of ether oxygens (including phenoxy) is 5. The van der Waals surface area contributed by atoms with Crippen molar-refractivity contribution >= 4 is 12.1 Å². The third kappa shape index (κ3) is 6.85. The molecule has 2 aliphatic rings. The minimum atomic E-state index is -0.514. The highest BCUT2D eigenvalue weighted by atomic mass is 16.6. The molecular formula is C28H36N2O7. The predicted molar refractivity (Wildman–Crippen MR) is 138 cm³/mol. The normalized spacial score (nSPS) is 19.4. The van der Waals surface area contributed by atoms with Crippen molar-refractivity contribution in [2.45, 2.75) is 25.7 Å². The molecule has 0 aliphatic carbocycles. The number of nitrogens with zero attached hydrogens (tertiary/aromatic N) is 1. The fourth-order valence-electron chi connectivity index (χ4n) is 5.00. The number of cyclic esters (lactones) is 1. The second kappa shape index (κ2) is 12.7. The van der Waals surface area contributed by atoms with E-state index in [4.69, 9.17) is 23.7 Å². The summed E-state index contributed by atoms with van der Waals surface area (Å²) in [5.74, 6) is 1.61. The zero-order chi connectivity index (χ0) is 26.2. The average molecular weight is 513 g/mol. The third-order valence-electron chi connectivity index (χ3n) is 7.04. The Bertz CT molecular complexity index is 1080. The van der Waals surface area contributed by atoms with Crippen molar-refractivity contribution in [3.05, 3.63) is 47.5 Å². The molecule has 9 heteroatoms. The molecule has 2 heterocycles. The van der Waals surface area contributed by atoms with E-state index in [-0.39, 0.29) is 17.8 Å². The predicted octanol–water partition coefficient (Wildman–Crippen LogP) is 3.47. The van der Waals surface area contributed by atoms with Crippen LogP contribution >= 0.6 is 0 Å². The molecule has 2 aromatic rings. The van der Waals surface area contributed by atoms with Gasteiger partial charge in [-0.05, 0) is 74.2 Å². The summed E-state index contributed by atoms with van der Waals surface area (Å²) in [5, 5.41) is 2.80. The smallest absolute Gasteiger partial charge is 0.412 e. The first-order valence-corrected chi connectivity index (χ1v) is 12.7. The lowest BCUT2D eigenvalue weighted by molar-refractivity contribution is -0.141. The number of esters is 1. The first kappa shape index (κ1) is 26.6. The Morgan fingerprint density at radius 3 is 2.22 bits per heavy atom. The van der Waals surface area contributed by atoms with E-state index in [0.29, 0.717) is 49.0 Å². The molecule has 2 atom stereocenters. The monoisotopic (exact) mass is 512 g/mol. The molecule has 2 aliphatic heterocycles. The van der Waals surface area contributed by atoms with Gasteiger partial charge < -0.3 is 33.9 Å². The molecule has 2 aromatic carbocycles. The number of hydrogen-bond acceptors (Lipinski definition) is 8. The second-order valence-electron chi connectivity index (χ2n) is 9.44. The van der Waals surface area contributed by atoms with Gasteiger partial charge in [0.05, 0.1) is 33.9 Å². The molecular weight excluding hydrogens is 476 g/mol. The topological polar surface area (TPSA) is 95.6 Å². The molecule has 0 bridgehead atoms. The number of methoxy groups -OCH3 is 3. The second-order valence-corrected chi connectivity index (χ2v) is 9.44. The van der Waals surface area contributed by atoms with Crippen LogP contribution in [0.15, 0.2) is 36.4 Å². The number of likely N-dealkylation sites (tertiary alicyclic amines) is 1. The summed E-state index contributed by atoms with van der Waals surface area (Å²) in [5.41, 5.74) is 1.95. The van der Waals surface area contributed by atoms with Gasteiger partial charge in [-0.3, -0.25) is 4.79 Å². The van der Waals surface area contributed by atoms with Crippen LogP contribution in [0.2, 0.25) is 0 Å². The quantitative estimate of drug-likeness (QED) is 0.458. The number of hydrogen-bond donors (Lipinski definition) is 1. The number of rotatable bonds is 11. The summed E-state index contributed by atoms with van der Waals surface area (Å²) >= 11 is 0. The Hall–Kier alpha value is -3.46. The number of amides is 1. The fraction of sp³-hybridized carbons (Fsp3) is 0.500. The van der Waals surface area contributed by atoms with Crippen LogP contribution in [0.3, 0.4) is 0 Å². The molecule has 0 saturated carbocycles. The van der Waals surface area contributed by atoms with Crippen LogP contribution in [0, 0.1) is 11.8 Å². The van der Waals surface area contributed by atoms with Crippen molar-refractivity contribution in [1.29, 1.82) is 0 Å². The van der Waals surface area contributed by atoms with Crippen LogP contribution in [0.5, 0.6) is 23.0 Å². The molecule has 37 heavy (non-hydrogen) atoms. The van der Waals surface area contributed by atoms with E-state index in [1.165, 1.54) is 20.0 Å². The Kier molecular flexibility index (Phi) is 9.11. The zero-order valence-corrected chi connectivity index (χ0v) is 21.8. The zero-order valence-electron chi connectivity index (χ0n) is 21.8. The molecule has 2 fully saturated rings. The van der Waals surface area contributed by atoms with Gasteiger partial charge in [0.2, 0.25) is 0 Å². The molecule has 0 radical (unpaired) electrons. The van der Waals surface area contributed by atoms with Gasteiger partial charge in [-0.2, -0.15) is 0 Å². The molecule has 0 aromatic heterocycles. The number of nitrogens with one attached hydrogen (secondary N) is 1. The van der Waals surface area contributed by atoms with Crippen molar-refractivity contribution < 1.29 is 33.3 Å². The van der Waals surface area contributed by atoms with Gasteiger partial charge >= 0.3 is 12.1 Å². The fourth-order valence-corrected chi connectivity index (χ4v) is 5.00. The van der Waals surface area contributed by atoms with Crippen LogP contribution in [-0.4, -0.2) is 71.1 Å². The minimum Gasteiger partial charge on any atom is -0.493 e. The van der Waals surface area contributed by atoms with Crippen molar-refractivity contribution in [3.8, 4) is 23.0 Å². The summed E-state index contributed by atoms with van der Waals surface area (Å²) in [6.45, 7) is 3.87. The summed E-state index contributed by atoms with van der Waals surface area (Å²) in [7, 11) is 4.73. The highest BCUT2D eigenvalue weighted by molar-refractivity contribution is 5.75. The Labute approximate surface area is 218 Å². The molecule has 0 unspecified atom stereocenters. The molecule has 1 N–H and O–H groups in total.